The molecule has 1 amide bonds. The van der Waals surface area contributed by atoms with Crippen LogP contribution < -0.4 is 19.1 Å². The number of anilines is 2. The first kappa shape index (κ1) is 18.9. The van der Waals surface area contributed by atoms with Crippen LogP contribution in [-0.4, -0.2) is 39.8 Å². The van der Waals surface area contributed by atoms with E-state index in [1.807, 2.05) is 0 Å². The fraction of sp³-hybridized carbons (Fsp3) is 0.316. The SMILES string of the molecule is CC(=O)N1CCCSc2ccc(S(=O)(=O)Nc3ccc4c(c3)OCCO4)cc21. The van der Waals surface area contributed by atoms with Crippen LogP contribution in [0.1, 0.15) is 13.3 Å². The normalized spacial score (nSPS) is 16.1. The largest absolute Gasteiger partial charge is 0.486 e. The highest BCUT2D eigenvalue weighted by Gasteiger charge is 2.23. The molecule has 0 saturated heterocycles. The Bertz CT molecular complexity index is 1020. The average molecular weight is 421 g/mol. The van der Waals surface area contributed by atoms with Crippen molar-refractivity contribution in [3.63, 3.8) is 0 Å². The van der Waals surface area contributed by atoms with Gasteiger partial charge >= 0.3 is 0 Å². The number of hydrogen-bond acceptors (Lipinski definition) is 6. The van der Waals surface area contributed by atoms with Crippen LogP contribution >= 0.6 is 11.8 Å². The summed E-state index contributed by atoms with van der Waals surface area (Å²) in [5.41, 5.74) is 1.03. The van der Waals surface area contributed by atoms with Crippen LogP contribution in [0.15, 0.2) is 46.2 Å². The molecule has 0 atom stereocenters. The van der Waals surface area contributed by atoms with Gasteiger partial charge in [-0.2, -0.15) is 0 Å². The second kappa shape index (κ2) is 7.56. The number of nitrogens with one attached hydrogen (secondary N) is 1. The van der Waals surface area contributed by atoms with E-state index in [2.05, 4.69) is 4.72 Å². The molecule has 9 heteroatoms. The second-order valence-corrected chi connectivity index (χ2v) is 9.29. The van der Waals surface area contributed by atoms with E-state index in [0.29, 0.717) is 42.6 Å². The predicted molar refractivity (Wildman–Crippen MR) is 108 cm³/mol. The quantitative estimate of drug-likeness (QED) is 0.821. The Morgan fingerprint density at radius 2 is 1.89 bits per heavy atom. The molecule has 7 nitrogen and oxygen atoms in total. The Balaban J connectivity index is 1.65. The van der Waals surface area contributed by atoms with E-state index in [9.17, 15) is 13.2 Å². The fourth-order valence-corrected chi connectivity index (χ4v) is 5.21. The van der Waals surface area contributed by atoms with Crippen molar-refractivity contribution in [1.82, 2.24) is 0 Å². The standard InChI is InChI=1S/C19H20N2O5S2/c1-13(22)21-7-2-10-27-19-6-4-15(12-16(19)21)28(23,24)20-14-3-5-17-18(11-14)26-9-8-25-17/h3-6,11-12,20H,2,7-10H2,1H3. The summed E-state index contributed by atoms with van der Waals surface area (Å²) in [5.74, 6) is 1.89. The smallest absolute Gasteiger partial charge is 0.261 e. The van der Waals surface area contributed by atoms with Crippen molar-refractivity contribution in [2.75, 3.05) is 35.1 Å². The average Bonchev–Trinajstić information content (AvgIpc) is 2.89. The molecule has 0 unspecified atom stereocenters. The van der Waals surface area contributed by atoms with Gasteiger partial charge in [-0.05, 0) is 42.5 Å². The third-order valence-corrected chi connectivity index (χ3v) is 7.02. The van der Waals surface area contributed by atoms with Crippen molar-refractivity contribution in [2.24, 2.45) is 0 Å². The third-order valence-electron chi connectivity index (χ3n) is 4.49. The van der Waals surface area contributed by atoms with E-state index in [1.165, 1.54) is 6.92 Å². The Kier molecular flexibility index (Phi) is 5.11. The lowest BCUT2D eigenvalue weighted by atomic mass is 10.2. The molecule has 0 bridgehead atoms. The highest BCUT2D eigenvalue weighted by molar-refractivity contribution is 7.99. The van der Waals surface area contributed by atoms with Gasteiger partial charge in [0.1, 0.15) is 13.2 Å². The zero-order valence-corrected chi connectivity index (χ0v) is 16.9. The highest BCUT2D eigenvalue weighted by atomic mass is 32.2. The van der Waals surface area contributed by atoms with E-state index in [1.54, 1.807) is 53.1 Å². The monoisotopic (exact) mass is 420 g/mol. The lowest BCUT2D eigenvalue weighted by Gasteiger charge is -2.22. The first-order valence-corrected chi connectivity index (χ1v) is 11.4. The number of rotatable bonds is 3. The number of sulfonamides is 1. The van der Waals surface area contributed by atoms with Gasteiger partial charge < -0.3 is 14.4 Å². The molecule has 148 valence electrons. The van der Waals surface area contributed by atoms with Crippen molar-refractivity contribution in [1.29, 1.82) is 0 Å². The minimum atomic E-state index is -3.83. The van der Waals surface area contributed by atoms with Gasteiger partial charge in [0.15, 0.2) is 11.5 Å². The van der Waals surface area contributed by atoms with Gasteiger partial charge in [0.05, 0.1) is 16.3 Å². The second-order valence-electron chi connectivity index (χ2n) is 6.47. The number of benzene rings is 2. The summed E-state index contributed by atoms with van der Waals surface area (Å²) >= 11 is 1.63. The van der Waals surface area contributed by atoms with Crippen molar-refractivity contribution in [2.45, 2.75) is 23.1 Å². The summed E-state index contributed by atoms with van der Waals surface area (Å²) in [7, 11) is -3.83. The molecule has 28 heavy (non-hydrogen) atoms. The maximum absolute atomic E-state index is 12.9. The molecule has 2 heterocycles. The fourth-order valence-electron chi connectivity index (χ4n) is 3.17. The number of ether oxygens (including phenoxy) is 2. The van der Waals surface area contributed by atoms with Gasteiger partial charge in [-0.1, -0.05) is 0 Å². The van der Waals surface area contributed by atoms with Crippen LogP contribution in [0.25, 0.3) is 0 Å². The number of amides is 1. The van der Waals surface area contributed by atoms with E-state index in [-0.39, 0.29) is 10.8 Å². The molecule has 0 fully saturated rings. The van der Waals surface area contributed by atoms with E-state index < -0.39 is 10.0 Å². The number of nitrogens with zero attached hydrogens (tertiary/aromatic N) is 1. The Hall–Kier alpha value is -2.39. The molecule has 2 aromatic carbocycles. The topological polar surface area (TPSA) is 84.9 Å². The highest BCUT2D eigenvalue weighted by Crippen LogP contribution is 2.37. The lowest BCUT2D eigenvalue weighted by Crippen LogP contribution is -2.29. The maximum Gasteiger partial charge on any atom is 0.261 e. The van der Waals surface area contributed by atoms with Gasteiger partial charge in [-0.25, -0.2) is 8.42 Å². The van der Waals surface area contributed by atoms with Crippen LogP contribution in [-0.2, 0) is 14.8 Å². The minimum absolute atomic E-state index is 0.0990. The molecule has 0 saturated carbocycles. The summed E-state index contributed by atoms with van der Waals surface area (Å²) in [6, 6.07) is 9.81. The van der Waals surface area contributed by atoms with Gasteiger partial charge in [-0.15, -0.1) is 11.8 Å². The lowest BCUT2D eigenvalue weighted by molar-refractivity contribution is -0.116. The Labute approximate surface area is 168 Å². The zero-order chi connectivity index (χ0) is 19.7. The first-order valence-electron chi connectivity index (χ1n) is 8.91. The molecule has 4 rings (SSSR count). The first-order chi connectivity index (χ1) is 13.4. The summed E-state index contributed by atoms with van der Waals surface area (Å²) in [6.07, 6.45) is 0.858. The molecule has 2 aliphatic heterocycles. The molecule has 2 aliphatic rings. The van der Waals surface area contributed by atoms with Crippen LogP contribution in [0.4, 0.5) is 11.4 Å². The zero-order valence-electron chi connectivity index (χ0n) is 15.3. The van der Waals surface area contributed by atoms with Crippen molar-refractivity contribution in [3.8, 4) is 11.5 Å². The number of hydrogen-bond donors (Lipinski definition) is 1. The molecule has 2 aromatic rings. The van der Waals surface area contributed by atoms with Crippen LogP contribution in [0.2, 0.25) is 0 Å². The third kappa shape index (κ3) is 3.77. The van der Waals surface area contributed by atoms with E-state index >= 15 is 0 Å². The van der Waals surface area contributed by atoms with Gasteiger partial charge in [0.25, 0.3) is 10.0 Å². The van der Waals surface area contributed by atoms with Crippen molar-refractivity contribution in [3.05, 3.63) is 36.4 Å². The van der Waals surface area contributed by atoms with Crippen LogP contribution in [0.3, 0.4) is 0 Å². The molecular weight excluding hydrogens is 400 g/mol. The minimum Gasteiger partial charge on any atom is -0.486 e. The maximum atomic E-state index is 12.9. The van der Waals surface area contributed by atoms with Gasteiger partial charge in [-0.3, -0.25) is 9.52 Å². The Morgan fingerprint density at radius 1 is 1.11 bits per heavy atom. The molecule has 0 aromatic heterocycles. The van der Waals surface area contributed by atoms with E-state index in [4.69, 9.17) is 9.47 Å². The van der Waals surface area contributed by atoms with Crippen molar-refractivity contribution < 1.29 is 22.7 Å². The summed E-state index contributed by atoms with van der Waals surface area (Å²) in [5, 5.41) is 0. The molecule has 0 radical (unpaired) electrons. The van der Waals surface area contributed by atoms with E-state index in [0.717, 1.165) is 17.1 Å². The number of fused-ring (bicyclic) bond motifs is 2. The number of carbonyl (C=O) groups excluding carboxylic acids is 1. The van der Waals surface area contributed by atoms with Gasteiger partial charge in [0, 0.05) is 24.4 Å². The Morgan fingerprint density at radius 3 is 2.68 bits per heavy atom. The van der Waals surface area contributed by atoms with Crippen molar-refractivity contribution >= 4 is 39.1 Å². The van der Waals surface area contributed by atoms with Crippen LogP contribution in [0.5, 0.6) is 11.5 Å². The van der Waals surface area contributed by atoms with Crippen LogP contribution in [0, 0.1) is 0 Å². The summed E-state index contributed by atoms with van der Waals surface area (Å²) in [6.45, 7) is 2.97. The summed E-state index contributed by atoms with van der Waals surface area (Å²) < 4.78 is 39.4. The number of thioether (sulfide) groups is 1. The molecule has 0 spiro atoms. The molecular formula is C19H20N2O5S2. The summed E-state index contributed by atoms with van der Waals surface area (Å²) in [4.78, 5) is 14.7. The number of carbonyl (C=O) groups is 1. The predicted octanol–water partition coefficient (Wildman–Crippen LogP) is 3.11. The van der Waals surface area contributed by atoms with Gasteiger partial charge in [0.2, 0.25) is 5.91 Å². The molecule has 1 N–H and O–H groups in total. The molecule has 0 aliphatic carbocycles.